The van der Waals surface area contributed by atoms with E-state index in [2.05, 4.69) is 25.9 Å². The summed E-state index contributed by atoms with van der Waals surface area (Å²) in [6.45, 7) is 8.24. The maximum Gasteiger partial charge on any atom is 0.287 e. The van der Waals surface area contributed by atoms with Crippen LogP contribution >= 0.6 is 24.0 Å². The predicted molar refractivity (Wildman–Crippen MR) is 135 cm³/mol. The van der Waals surface area contributed by atoms with Crippen LogP contribution in [0.15, 0.2) is 56.7 Å². The quantitative estimate of drug-likeness (QED) is 0.161. The number of carbonyl (C=O) groups excluding carboxylic acids is 1. The highest BCUT2D eigenvalue weighted by atomic mass is 127. The lowest BCUT2D eigenvalue weighted by Crippen LogP contribution is -2.38. The predicted octanol–water partition coefficient (Wildman–Crippen LogP) is 4.04. The molecule has 172 valence electrons. The minimum absolute atomic E-state index is 0. The van der Waals surface area contributed by atoms with Gasteiger partial charge in [0.15, 0.2) is 11.7 Å². The van der Waals surface area contributed by atoms with Crippen molar-refractivity contribution in [2.45, 2.75) is 33.7 Å². The van der Waals surface area contributed by atoms with Crippen LogP contribution in [-0.2, 0) is 6.54 Å². The largest absolute Gasteiger partial charge is 0.459 e. The second-order valence-electron chi connectivity index (χ2n) is 7.17. The maximum atomic E-state index is 12.0. The Morgan fingerprint density at radius 3 is 2.47 bits per heavy atom. The molecule has 0 unspecified atom stereocenters. The number of furan rings is 1. The standard InChI is InChI=1S/C23H29N5O3.HI/c1-4-24-23(26-12-5-11-25-21(29)20-17(3)10-13-30-20)27-14-19-15-31-22(28-19)18-8-6-16(2)7-9-18;/h6-10,13,15H,4-5,11-12,14H2,1-3H3,(H,25,29)(H2,24,26,27);1H. The SMILES string of the molecule is CCNC(=NCc1coc(-c2ccc(C)cc2)n1)NCCCNC(=O)c1occc1C.I. The van der Waals surface area contributed by atoms with Crippen molar-refractivity contribution in [3.63, 3.8) is 0 Å². The number of benzene rings is 1. The number of oxazole rings is 1. The van der Waals surface area contributed by atoms with Crippen LogP contribution < -0.4 is 16.0 Å². The van der Waals surface area contributed by atoms with Crippen molar-refractivity contribution < 1.29 is 13.6 Å². The van der Waals surface area contributed by atoms with Crippen LogP contribution in [0.4, 0.5) is 0 Å². The van der Waals surface area contributed by atoms with Gasteiger partial charge in [-0.1, -0.05) is 17.7 Å². The monoisotopic (exact) mass is 551 g/mol. The first-order valence-electron chi connectivity index (χ1n) is 10.4. The fraction of sp³-hybridized carbons (Fsp3) is 0.348. The van der Waals surface area contributed by atoms with Crippen molar-refractivity contribution >= 4 is 35.8 Å². The number of aromatic nitrogens is 1. The molecule has 1 aromatic carbocycles. The summed E-state index contributed by atoms with van der Waals surface area (Å²) < 4.78 is 10.8. The van der Waals surface area contributed by atoms with Crippen molar-refractivity contribution in [2.75, 3.05) is 19.6 Å². The van der Waals surface area contributed by atoms with Gasteiger partial charge in [0.25, 0.3) is 5.91 Å². The highest BCUT2D eigenvalue weighted by molar-refractivity contribution is 14.0. The van der Waals surface area contributed by atoms with Gasteiger partial charge in [0.2, 0.25) is 5.89 Å². The molecule has 0 bridgehead atoms. The molecule has 3 rings (SSSR count). The van der Waals surface area contributed by atoms with Gasteiger partial charge in [-0.2, -0.15) is 0 Å². The van der Waals surface area contributed by atoms with Crippen molar-refractivity contribution in [1.82, 2.24) is 20.9 Å². The molecule has 0 saturated heterocycles. The molecule has 32 heavy (non-hydrogen) atoms. The highest BCUT2D eigenvalue weighted by Gasteiger charge is 2.11. The number of nitrogens with zero attached hydrogens (tertiary/aromatic N) is 2. The normalized spacial score (nSPS) is 11.0. The summed E-state index contributed by atoms with van der Waals surface area (Å²) >= 11 is 0. The molecule has 3 N–H and O–H groups in total. The molecular weight excluding hydrogens is 521 g/mol. The van der Waals surface area contributed by atoms with Crippen LogP contribution in [0.5, 0.6) is 0 Å². The zero-order valence-corrected chi connectivity index (χ0v) is 20.9. The fourth-order valence-electron chi connectivity index (χ4n) is 2.89. The molecule has 0 fully saturated rings. The molecule has 2 aromatic heterocycles. The average Bonchev–Trinajstić information content (AvgIpc) is 3.41. The summed E-state index contributed by atoms with van der Waals surface area (Å²) in [5.74, 6) is 1.44. The van der Waals surface area contributed by atoms with Gasteiger partial charge in [-0.15, -0.1) is 24.0 Å². The Kier molecular flexibility index (Phi) is 10.3. The number of amides is 1. The Hall–Kier alpha value is -2.82. The molecular formula is C23H30IN5O3. The van der Waals surface area contributed by atoms with Gasteiger partial charge >= 0.3 is 0 Å². The summed E-state index contributed by atoms with van der Waals surface area (Å²) in [6.07, 6.45) is 3.90. The lowest BCUT2D eigenvalue weighted by atomic mass is 10.1. The third-order valence-corrected chi connectivity index (χ3v) is 4.59. The minimum Gasteiger partial charge on any atom is -0.459 e. The second kappa shape index (κ2) is 12.9. The first kappa shape index (κ1) is 25.4. The van der Waals surface area contributed by atoms with E-state index in [1.807, 2.05) is 45.0 Å². The molecule has 3 aromatic rings. The molecule has 0 spiro atoms. The Morgan fingerprint density at radius 1 is 1.03 bits per heavy atom. The van der Waals surface area contributed by atoms with Gasteiger partial charge in [-0.3, -0.25) is 4.79 Å². The summed E-state index contributed by atoms with van der Waals surface area (Å²) in [7, 11) is 0. The molecule has 0 aliphatic rings. The Balaban J connectivity index is 0.00000363. The lowest BCUT2D eigenvalue weighted by molar-refractivity contribution is 0.0925. The smallest absolute Gasteiger partial charge is 0.287 e. The average molecular weight is 551 g/mol. The van der Waals surface area contributed by atoms with Crippen LogP contribution in [0.25, 0.3) is 11.5 Å². The number of hydrogen-bond acceptors (Lipinski definition) is 5. The summed E-state index contributed by atoms with van der Waals surface area (Å²) in [4.78, 5) is 21.1. The Labute approximate surface area is 205 Å². The van der Waals surface area contributed by atoms with Gasteiger partial charge in [0.05, 0.1) is 12.8 Å². The van der Waals surface area contributed by atoms with Gasteiger partial charge in [0, 0.05) is 30.8 Å². The number of nitrogens with one attached hydrogen (secondary N) is 3. The minimum atomic E-state index is -0.196. The molecule has 2 heterocycles. The number of halogens is 1. The van der Waals surface area contributed by atoms with Gasteiger partial charge in [-0.25, -0.2) is 9.98 Å². The van der Waals surface area contributed by atoms with Crippen LogP contribution in [0.3, 0.4) is 0 Å². The van der Waals surface area contributed by atoms with E-state index < -0.39 is 0 Å². The van der Waals surface area contributed by atoms with Gasteiger partial charge in [-0.05, 0) is 45.4 Å². The number of hydrogen-bond donors (Lipinski definition) is 3. The van der Waals surface area contributed by atoms with Crippen molar-refractivity contribution in [1.29, 1.82) is 0 Å². The molecule has 1 amide bonds. The fourth-order valence-corrected chi connectivity index (χ4v) is 2.89. The van der Waals surface area contributed by atoms with Crippen molar-refractivity contribution in [3.05, 3.63) is 65.4 Å². The second-order valence-corrected chi connectivity index (χ2v) is 7.17. The Morgan fingerprint density at radius 2 is 1.78 bits per heavy atom. The maximum absolute atomic E-state index is 12.0. The zero-order valence-electron chi connectivity index (χ0n) is 18.6. The third kappa shape index (κ3) is 7.40. The molecule has 0 aliphatic heterocycles. The van der Waals surface area contributed by atoms with Crippen LogP contribution in [-0.4, -0.2) is 36.5 Å². The van der Waals surface area contributed by atoms with E-state index in [0.29, 0.717) is 37.2 Å². The van der Waals surface area contributed by atoms with E-state index in [1.165, 1.54) is 11.8 Å². The summed E-state index contributed by atoms with van der Waals surface area (Å²) in [6, 6.07) is 9.82. The number of rotatable bonds is 9. The van der Waals surface area contributed by atoms with E-state index >= 15 is 0 Å². The first-order valence-corrected chi connectivity index (χ1v) is 10.4. The number of aliphatic imine (C=N–C) groups is 1. The topological polar surface area (TPSA) is 105 Å². The number of aryl methyl sites for hydroxylation is 2. The van der Waals surface area contributed by atoms with Crippen molar-refractivity contribution in [2.24, 2.45) is 4.99 Å². The number of carbonyl (C=O) groups is 1. The molecule has 9 heteroatoms. The molecule has 0 saturated carbocycles. The summed E-state index contributed by atoms with van der Waals surface area (Å²) in [5.41, 5.74) is 3.72. The van der Waals surface area contributed by atoms with E-state index in [0.717, 1.165) is 29.8 Å². The van der Waals surface area contributed by atoms with Crippen LogP contribution in [0, 0.1) is 13.8 Å². The molecule has 8 nitrogen and oxygen atoms in total. The molecule has 0 atom stereocenters. The Bertz CT molecular complexity index is 1010. The van der Waals surface area contributed by atoms with E-state index in [4.69, 9.17) is 8.83 Å². The van der Waals surface area contributed by atoms with Gasteiger partial charge < -0.3 is 24.8 Å². The number of guanidine groups is 1. The van der Waals surface area contributed by atoms with E-state index in [9.17, 15) is 4.79 Å². The third-order valence-electron chi connectivity index (χ3n) is 4.59. The first-order chi connectivity index (χ1) is 15.1. The van der Waals surface area contributed by atoms with E-state index in [1.54, 1.807) is 12.3 Å². The van der Waals surface area contributed by atoms with Crippen molar-refractivity contribution in [3.8, 4) is 11.5 Å². The molecule has 0 aliphatic carbocycles. The summed E-state index contributed by atoms with van der Waals surface area (Å²) in [5, 5.41) is 9.32. The zero-order chi connectivity index (χ0) is 22.1. The van der Waals surface area contributed by atoms with Gasteiger partial charge in [0.1, 0.15) is 12.0 Å². The van der Waals surface area contributed by atoms with Crippen LogP contribution in [0.1, 0.15) is 40.7 Å². The lowest BCUT2D eigenvalue weighted by Gasteiger charge is -2.11. The highest BCUT2D eigenvalue weighted by Crippen LogP contribution is 2.19. The van der Waals surface area contributed by atoms with Crippen LogP contribution in [0.2, 0.25) is 0 Å². The van der Waals surface area contributed by atoms with E-state index in [-0.39, 0.29) is 29.9 Å². The molecule has 0 radical (unpaired) electrons.